The van der Waals surface area contributed by atoms with E-state index in [-0.39, 0.29) is 11.8 Å². The Kier molecular flexibility index (Phi) is 3.24. The third-order valence-corrected chi connectivity index (χ3v) is 4.34. The molecule has 26 heavy (non-hydrogen) atoms. The first-order valence-corrected chi connectivity index (χ1v) is 8.07. The van der Waals surface area contributed by atoms with Gasteiger partial charge in [0.2, 0.25) is 11.8 Å². The van der Waals surface area contributed by atoms with Gasteiger partial charge in [-0.3, -0.25) is 0 Å². The topological polar surface area (TPSA) is 99.1 Å². The minimum absolute atomic E-state index is 0.00934. The molecule has 0 saturated heterocycles. The number of ether oxygens (including phenoxy) is 1. The highest BCUT2D eigenvalue weighted by molar-refractivity contribution is 6.23. The Labute approximate surface area is 148 Å². The predicted molar refractivity (Wildman–Crippen MR) is 97.1 cm³/mol. The molecule has 0 unspecified atom stereocenters. The molecule has 134 valence electrons. The summed E-state index contributed by atoms with van der Waals surface area (Å²) in [5, 5.41) is 12.5. The predicted octanol–water partition coefficient (Wildman–Crippen LogP) is 3.40. The van der Waals surface area contributed by atoms with Crippen LogP contribution in [0.25, 0.3) is 32.7 Å². The smallest absolute Gasteiger partial charge is 0.226 e. The minimum atomic E-state index is -0.422. The summed E-state index contributed by atoms with van der Waals surface area (Å²) in [5.41, 5.74) is 6.65. The van der Waals surface area contributed by atoms with E-state index in [1.54, 1.807) is 6.07 Å². The number of anilines is 1. The highest BCUT2D eigenvalue weighted by Crippen LogP contribution is 2.39. The first-order valence-electron chi connectivity index (χ1n) is 8.07. The highest BCUT2D eigenvalue weighted by Gasteiger charge is 2.27. The van der Waals surface area contributed by atoms with Crippen LogP contribution in [0.1, 0.15) is 26.6 Å². The summed E-state index contributed by atoms with van der Waals surface area (Å²) in [7, 11) is 1.45. The van der Waals surface area contributed by atoms with Gasteiger partial charge in [0.05, 0.1) is 12.5 Å². The van der Waals surface area contributed by atoms with Crippen LogP contribution >= 0.6 is 0 Å². The molecule has 4 rings (SSSR count). The molecule has 0 saturated carbocycles. The number of rotatable bonds is 1. The zero-order valence-corrected chi connectivity index (χ0v) is 14.8. The van der Waals surface area contributed by atoms with Gasteiger partial charge in [-0.2, -0.15) is 9.71 Å². The van der Waals surface area contributed by atoms with E-state index >= 15 is 0 Å². The Morgan fingerprint density at radius 2 is 1.85 bits per heavy atom. The SMILES string of the molecule is COc1nc(N)nc2c1c1cc(F)ccc1c1nc(C(C)(C)C)n(O)c12. The fraction of sp³-hybridized carbons (Fsp3) is 0.278. The summed E-state index contributed by atoms with van der Waals surface area (Å²) in [5.74, 6) is 0.256. The number of halogens is 1. The number of hydrogen-bond acceptors (Lipinski definition) is 6. The van der Waals surface area contributed by atoms with Crippen LogP contribution in [0.3, 0.4) is 0 Å². The lowest BCUT2D eigenvalue weighted by Crippen LogP contribution is -2.17. The number of aromatic nitrogens is 4. The van der Waals surface area contributed by atoms with Crippen LogP contribution in [0.4, 0.5) is 10.3 Å². The number of hydrogen-bond donors (Lipinski definition) is 2. The van der Waals surface area contributed by atoms with Crippen molar-refractivity contribution in [1.82, 2.24) is 19.7 Å². The number of nitrogens with zero attached hydrogens (tertiary/aromatic N) is 4. The zero-order chi connectivity index (χ0) is 18.8. The minimum Gasteiger partial charge on any atom is -0.480 e. The summed E-state index contributed by atoms with van der Waals surface area (Å²) in [6.45, 7) is 5.82. The van der Waals surface area contributed by atoms with Crippen molar-refractivity contribution < 1.29 is 14.3 Å². The van der Waals surface area contributed by atoms with Crippen LogP contribution in [-0.4, -0.2) is 32.0 Å². The van der Waals surface area contributed by atoms with Gasteiger partial charge in [-0.05, 0) is 18.2 Å². The second-order valence-electron chi connectivity index (χ2n) is 7.20. The van der Waals surface area contributed by atoms with Gasteiger partial charge in [0.15, 0.2) is 5.82 Å². The van der Waals surface area contributed by atoms with E-state index in [4.69, 9.17) is 10.5 Å². The lowest BCUT2D eigenvalue weighted by atomic mass is 9.96. The van der Waals surface area contributed by atoms with Crippen molar-refractivity contribution in [1.29, 1.82) is 0 Å². The van der Waals surface area contributed by atoms with Gasteiger partial charge in [0.25, 0.3) is 0 Å². The van der Waals surface area contributed by atoms with Crippen molar-refractivity contribution in [2.75, 3.05) is 12.8 Å². The maximum atomic E-state index is 14.0. The van der Waals surface area contributed by atoms with E-state index in [1.165, 1.54) is 19.2 Å². The maximum Gasteiger partial charge on any atom is 0.226 e. The molecule has 0 aliphatic rings. The molecule has 0 fully saturated rings. The summed E-state index contributed by atoms with van der Waals surface area (Å²) in [4.78, 5) is 13.0. The third-order valence-electron chi connectivity index (χ3n) is 4.34. The van der Waals surface area contributed by atoms with Crippen molar-refractivity contribution in [2.45, 2.75) is 26.2 Å². The van der Waals surface area contributed by atoms with Crippen LogP contribution in [0.15, 0.2) is 18.2 Å². The van der Waals surface area contributed by atoms with E-state index in [0.29, 0.717) is 38.5 Å². The Bertz CT molecular complexity index is 1190. The van der Waals surface area contributed by atoms with E-state index in [9.17, 15) is 9.60 Å². The van der Waals surface area contributed by atoms with Crippen molar-refractivity contribution >= 4 is 38.7 Å². The Balaban J connectivity index is 2.37. The molecule has 0 atom stereocenters. The van der Waals surface area contributed by atoms with Gasteiger partial charge in [0.1, 0.15) is 22.4 Å². The van der Waals surface area contributed by atoms with Crippen LogP contribution in [0.2, 0.25) is 0 Å². The number of benzene rings is 2. The summed E-state index contributed by atoms with van der Waals surface area (Å²) < 4.78 is 20.3. The second kappa shape index (κ2) is 5.17. The molecule has 0 amide bonds. The lowest BCUT2D eigenvalue weighted by Gasteiger charge is -2.16. The molecule has 2 heterocycles. The standard InChI is InChI=1S/C18H18FN5O2/c1-18(2,3)16-21-12-9-6-5-8(19)7-10(9)11-13(14(12)24(16)25)22-17(20)23-15(11)26-4/h5-7,25H,1-4H3,(H2,20,22,23). The van der Waals surface area contributed by atoms with Crippen LogP contribution in [0.5, 0.6) is 5.88 Å². The fourth-order valence-electron chi connectivity index (χ4n) is 3.25. The lowest BCUT2D eigenvalue weighted by molar-refractivity contribution is 0.176. The van der Waals surface area contributed by atoms with E-state index < -0.39 is 11.2 Å². The molecule has 8 heteroatoms. The number of imidazole rings is 1. The van der Waals surface area contributed by atoms with E-state index in [1.807, 2.05) is 20.8 Å². The van der Waals surface area contributed by atoms with Gasteiger partial charge in [-0.25, -0.2) is 14.4 Å². The van der Waals surface area contributed by atoms with Crippen LogP contribution in [0, 0.1) is 5.82 Å². The van der Waals surface area contributed by atoms with Gasteiger partial charge < -0.3 is 15.7 Å². The third kappa shape index (κ3) is 2.15. The zero-order valence-electron chi connectivity index (χ0n) is 14.8. The number of nitrogen functional groups attached to an aromatic ring is 1. The van der Waals surface area contributed by atoms with Crippen molar-refractivity contribution in [2.24, 2.45) is 0 Å². The Hall–Kier alpha value is -3.16. The first-order chi connectivity index (χ1) is 12.2. The summed E-state index contributed by atoms with van der Waals surface area (Å²) in [6, 6.07) is 4.36. The quantitative estimate of drug-likeness (QED) is 0.401. The monoisotopic (exact) mass is 355 g/mol. The molecule has 0 aliphatic heterocycles. The number of methoxy groups -OCH3 is 1. The molecule has 4 aromatic rings. The van der Waals surface area contributed by atoms with Crippen LogP contribution in [-0.2, 0) is 5.41 Å². The van der Waals surface area contributed by atoms with Gasteiger partial charge in [-0.15, -0.1) is 0 Å². The van der Waals surface area contributed by atoms with Gasteiger partial charge in [0, 0.05) is 16.2 Å². The molecule has 2 aromatic carbocycles. The molecule has 0 aliphatic carbocycles. The normalized spacial score (nSPS) is 12.3. The number of nitrogens with two attached hydrogens (primary N) is 1. The molecule has 7 nitrogen and oxygen atoms in total. The molecule has 3 N–H and O–H groups in total. The number of fused-ring (bicyclic) bond motifs is 6. The Morgan fingerprint density at radius 1 is 1.12 bits per heavy atom. The van der Waals surface area contributed by atoms with Gasteiger partial charge in [-0.1, -0.05) is 20.8 Å². The molecule has 0 spiro atoms. The molecule has 0 radical (unpaired) electrons. The first kappa shape index (κ1) is 16.3. The van der Waals surface area contributed by atoms with E-state index in [2.05, 4.69) is 15.0 Å². The summed E-state index contributed by atoms with van der Waals surface area (Å²) in [6.07, 6.45) is 0. The Morgan fingerprint density at radius 3 is 2.50 bits per heavy atom. The molecule has 2 aromatic heterocycles. The van der Waals surface area contributed by atoms with Crippen molar-refractivity contribution in [3.05, 3.63) is 29.8 Å². The fourth-order valence-corrected chi connectivity index (χ4v) is 3.25. The van der Waals surface area contributed by atoms with E-state index in [0.717, 1.165) is 4.73 Å². The molecular weight excluding hydrogens is 337 g/mol. The molecule has 0 bridgehead atoms. The summed E-state index contributed by atoms with van der Waals surface area (Å²) >= 11 is 0. The second-order valence-corrected chi connectivity index (χ2v) is 7.20. The maximum absolute atomic E-state index is 14.0. The van der Waals surface area contributed by atoms with Gasteiger partial charge >= 0.3 is 0 Å². The average molecular weight is 355 g/mol. The molecular formula is C18H18FN5O2. The average Bonchev–Trinajstić information content (AvgIpc) is 2.92. The highest BCUT2D eigenvalue weighted by atomic mass is 19.1. The van der Waals surface area contributed by atoms with Crippen molar-refractivity contribution in [3.63, 3.8) is 0 Å². The van der Waals surface area contributed by atoms with Crippen LogP contribution < -0.4 is 10.5 Å². The largest absolute Gasteiger partial charge is 0.480 e. The van der Waals surface area contributed by atoms with Crippen molar-refractivity contribution in [3.8, 4) is 5.88 Å².